The maximum Gasteiger partial charge on any atom is 0.191 e. The minimum Gasteiger partial charge on any atom is -0.376 e. The molecule has 152 valence electrons. The van der Waals surface area contributed by atoms with Gasteiger partial charge in [-0.25, -0.2) is 0 Å². The molecule has 0 spiro atoms. The molecule has 0 heterocycles. The Balaban J connectivity index is 1.66. The van der Waals surface area contributed by atoms with Gasteiger partial charge in [0.05, 0.1) is 13.2 Å². The topological polar surface area (TPSA) is 48.9 Å². The van der Waals surface area contributed by atoms with Crippen molar-refractivity contribution in [3.8, 4) is 0 Å². The molecule has 0 aliphatic carbocycles. The van der Waals surface area contributed by atoms with Gasteiger partial charge < -0.3 is 20.3 Å². The first-order valence-corrected chi connectivity index (χ1v) is 9.85. The third-order valence-electron chi connectivity index (χ3n) is 4.34. The van der Waals surface area contributed by atoms with Gasteiger partial charge in [0.25, 0.3) is 0 Å². The van der Waals surface area contributed by atoms with Crippen molar-refractivity contribution in [2.45, 2.75) is 26.6 Å². The van der Waals surface area contributed by atoms with E-state index in [9.17, 15) is 0 Å². The van der Waals surface area contributed by atoms with Crippen LogP contribution in [0.5, 0.6) is 0 Å². The van der Waals surface area contributed by atoms with E-state index in [0.29, 0.717) is 19.1 Å². The zero-order valence-corrected chi connectivity index (χ0v) is 17.6. The number of rotatable bonds is 10. The van der Waals surface area contributed by atoms with Gasteiger partial charge in [0, 0.05) is 26.7 Å². The Hall–Kier alpha value is -2.37. The monoisotopic (exact) mass is 382 g/mol. The molecule has 1 unspecified atom stereocenters. The molecule has 0 aliphatic rings. The second-order valence-electron chi connectivity index (χ2n) is 7.47. The van der Waals surface area contributed by atoms with Crippen LogP contribution in [0.3, 0.4) is 0 Å². The molecular formula is C23H34N4O. The summed E-state index contributed by atoms with van der Waals surface area (Å²) in [5, 5.41) is 6.75. The number of ether oxygens (including phenoxy) is 1. The van der Waals surface area contributed by atoms with Crippen LogP contribution in [0.25, 0.3) is 0 Å². The Bertz CT molecular complexity index is 698. The normalized spacial score (nSPS) is 12.8. The van der Waals surface area contributed by atoms with Crippen molar-refractivity contribution < 1.29 is 4.74 Å². The van der Waals surface area contributed by atoms with Gasteiger partial charge in [0.2, 0.25) is 0 Å². The second-order valence-corrected chi connectivity index (χ2v) is 7.47. The predicted molar refractivity (Wildman–Crippen MR) is 117 cm³/mol. The van der Waals surface area contributed by atoms with Crippen molar-refractivity contribution in [3.63, 3.8) is 0 Å². The van der Waals surface area contributed by atoms with Crippen LogP contribution in [0.2, 0.25) is 0 Å². The van der Waals surface area contributed by atoms with E-state index in [1.807, 2.05) is 18.2 Å². The molecule has 0 amide bonds. The number of aliphatic imine (C=N–C) groups is 1. The zero-order valence-electron chi connectivity index (χ0n) is 17.6. The van der Waals surface area contributed by atoms with Gasteiger partial charge in [0.15, 0.2) is 5.96 Å². The molecule has 0 radical (unpaired) electrons. The third kappa shape index (κ3) is 8.55. The molecule has 0 fully saturated rings. The molecule has 0 saturated carbocycles. The van der Waals surface area contributed by atoms with E-state index < -0.39 is 0 Å². The largest absolute Gasteiger partial charge is 0.376 e. The van der Waals surface area contributed by atoms with Crippen molar-refractivity contribution in [2.24, 2.45) is 10.9 Å². The first-order valence-electron chi connectivity index (χ1n) is 9.85. The van der Waals surface area contributed by atoms with Crippen molar-refractivity contribution in [1.29, 1.82) is 0 Å². The molecule has 2 aromatic carbocycles. The molecule has 0 aromatic heterocycles. The highest BCUT2D eigenvalue weighted by molar-refractivity contribution is 5.79. The molecule has 0 saturated heterocycles. The maximum atomic E-state index is 5.81. The Kier molecular flexibility index (Phi) is 9.52. The predicted octanol–water partition coefficient (Wildman–Crippen LogP) is 3.27. The van der Waals surface area contributed by atoms with E-state index in [4.69, 9.17) is 4.74 Å². The summed E-state index contributed by atoms with van der Waals surface area (Å²) in [4.78, 5) is 6.48. The number of hydrogen-bond acceptors (Lipinski definition) is 3. The van der Waals surface area contributed by atoms with Crippen LogP contribution in [-0.2, 0) is 24.4 Å². The summed E-state index contributed by atoms with van der Waals surface area (Å²) in [6.45, 7) is 6.07. The standard InChI is InChI=1S/C23H34N4O/c1-19(17-28-18-22-8-6-5-7-9-22)14-25-23(24-2)26-15-20-10-12-21(13-11-20)16-27(3)4/h5-13,19H,14-18H2,1-4H3,(H2,24,25,26). The van der Waals surface area contributed by atoms with Crippen molar-refractivity contribution in [2.75, 3.05) is 34.3 Å². The first kappa shape index (κ1) is 21.9. The summed E-state index contributed by atoms with van der Waals surface area (Å²) < 4.78 is 5.81. The lowest BCUT2D eigenvalue weighted by atomic mass is 10.1. The number of hydrogen-bond donors (Lipinski definition) is 2. The van der Waals surface area contributed by atoms with E-state index in [-0.39, 0.29) is 0 Å². The van der Waals surface area contributed by atoms with Gasteiger partial charge in [-0.15, -0.1) is 0 Å². The summed E-state index contributed by atoms with van der Waals surface area (Å²) in [6.07, 6.45) is 0. The molecular weight excluding hydrogens is 348 g/mol. The van der Waals surface area contributed by atoms with Gasteiger partial charge in [-0.3, -0.25) is 4.99 Å². The van der Waals surface area contributed by atoms with E-state index in [1.54, 1.807) is 7.05 Å². The van der Waals surface area contributed by atoms with Crippen LogP contribution >= 0.6 is 0 Å². The Morgan fingerprint density at radius 3 is 2.29 bits per heavy atom. The van der Waals surface area contributed by atoms with Gasteiger partial charge >= 0.3 is 0 Å². The SMILES string of the molecule is CN=C(NCc1ccc(CN(C)C)cc1)NCC(C)COCc1ccccc1. The first-order chi connectivity index (χ1) is 13.6. The van der Waals surface area contributed by atoms with Crippen molar-refractivity contribution in [1.82, 2.24) is 15.5 Å². The third-order valence-corrected chi connectivity index (χ3v) is 4.34. The number of guanidine groups is 1. The lowest BCUT2D eigenvalue weighted by molar-refractivity contribution is 0.0931. The lowest BCUT2D eigenvalue weighted by Gasteiger charge is -2.16. The van der Waals surface area contributed by atoms with Crippen LogP contribution < -0.4 is 10.6 Å². The molecule has 5 nitrogen and oxygen atoms in total. The molecule has 2 N–H and O–H groups in total. The van der Waals surface area contributed by atoms with Gasteiger partial charge in [-0.2, -0.15) is 0 Å². The molecule has 2 rings (SSSR count). The van der Waals surface area contributed by atoms with E-state index in [2.05, 4.69) is 77.9 Å². The lowest BCUT2D eigenvalue weighted by Crippen LogP contribution is -2.39. The molecule has 1 atom stereocenters. The van der Waals surface area contributed by atoms with E-state index in [1.165, 1.54) is 16.7 Å². The van der Waals surface area contributed by atoms with Crippen LogP contribution in [0.4, 0.5) is 0 Å². The Labute approximate surface area is 169 Å². The van der Waals surface area contributed by atoms with E-state index >= 15 is 0 Å². The minimum atomic E-state index is 0.396. The Morgan fingerprint density at radius 2 is 1.64 bits per heavy atom. The summed E-state index contributed by atoms with van der Waals surface area (Å²) in [6, 6.07) is 19.0. The number of nitrogens with zero attached hydrogens (tertiary/aromatic N) is 2. The second kappa shape index (κ2) is 12.2. The highest BCUT2D eigenvalue weighted by Crippen LogP contribution is 2.06. The fraction of sp³-hybridized carbons (Fsp3) is 0.435. The fourth-order valence-electron chi connectivity index (χ4n) is 2.82. The van der Waals surface area contributed by atoms with Gasteiger partial charge in [-0.1, -0.05) is 61.5 Å². The van der Waals surface area contributed by atoms with Crippen LogP contribution in [0, 0.1) is 5.92 Å². The molecule has 28 heavy (non-hydrogen) atoms. The van der Waals surface area contributed by atoms with Crippen LogP contribution in [0.15, 0.2) is 59.6 Å². The molecule has 0 aliphatic heterocycles. The number of nitrogens with one attached hydrogen (secondary N) is 2. The smallest absolute Gasteiger partial charge is 0.191 e. The highest BCUT2D eigenvalue weighted by Gasteiger charge is 2.05. The average Bonchev–Trinajstić information content (AvgIpc) is 2.69. The van der Waals surface area contributed by atoms with Crippen LogP contribution in [0.1, 0.15) is 23.6 Å². The van der Waals surface area contributed by atoms with Gasteiger partial charge in [-0.05, 0) is 36.7 Å². The molecule has 5 heteroatoms. The Morgan fingerprint density at radius 1 is 0.964 bits per heavy atom. The van der Waals surface area contributed by atoms with Crippen molar-refractivity contribution >= 4 is 5.96 Å². The molecule has 0 bridgehead atoms. The summed E-state index contributed by atoms with van der Waals surface area (Å²) >= 11 is 0. The minimum absolute atomic E-state index is 0.396. The number of benzene rings is 2. The zero-order chi connectivity index (χ0) is 20.2. The van der Waals surface area contributed by atoms with Crippen molar-refractivity contribution in [3.05, 3.63) is 71.3 Å². The van der Waals surface area contributed by atoms with E-state index in [0.717, 1.165) is 25.6 Å². The highest BCUT2D eigenvalue weighted by atomic mass is 16.5. The maximum absolute atomic E-state index is 5.81. The summed E-state index contributed by atoms with van der Waals surface area (Å²) in [5.74, 6) is 1.21. The molecule has 2 aromatic rings. The fourth-order valence-corrected chi connectivity index (χ4v) is 2.82. The average molecular weight is 383 g/mol. The van der Waals surface area contributed by atoms with Crippen LogP contribution in [-0.4, -0.2) is 45.2 Å². The summed E-state index contributed by atoms with van der Waals surface area (Å²) in [5.41, 5.74) is 3.77. The summed E-state index contributed by atoms with van der Waals surface area (Å²) in [7, 11) is 5.96. The quantitative estimate of drug-likeness (QED) is 0.489. The van der Waals surface area contributed by atoms with Gasteiger partial charge in [0.1, 0.15) is 0 Å².